The van der Waals surface area contributed by atoms with Crippen molar-refractivity contribution in [2.24, 2.45) is 0 Å². The Balaban J connectivity index is 1.56. The molecular formula is C16H20N2O. The molecule has 0 saturated carbocycles. The van der Waals surface area contributed by atoms with E-state index in [1.807, 2.05) is 12.4 Å². The number of hydrogen-bond donors (Lipinski definition) is 1. The maximum absolute atomic E-state index is 5.72. The zero-order chi connectivity index (χ0) is 12.9. The molecule has 2 heterocycles. The van der Waals surface area contributed by atoms with Gasteiger partial charge in [0.25, 0.3) is 0 Å². The normalized spacial score (nSPS) is 19.7. The number of hydrogen-bond acceptors (Lipinski definition) is 3. The maximum Gasteiger partial charge on any atom is 0.0699 e. The molecule has 2 aromatic rings. The van der Waals surface area contributed by atoms with Gasteiger partial charge in [0.1, 0.15) is 0 Å². The van der Waals surface area contributed by atoms with Gasteiger partial charge in [-0.2, -0.15) is 0 Å². The van der Waals surface area contributed by atoms with Gasteiger partial charge in [0.15, 0.2) is 0 Å². The average Bonchev–Trinajstić information content (AvgIpc) is 2.48. The van der Waals surface area contributed by atoms with Crippen molar-refractivity contribution in [3.8, 4) is 0 Å². The van der Waals surface area contributed by atoms with Crippen molar-refractivity contribution >= 4 is 10.8 Å². The van der Waals surface area contributed by atoms with Gasteiger partial charge in [-0.05, 0) is 42.3 Å². The predicted octanol–water partition coefficient (Wildman–Crippen LogP) is 2.89. The number of ether oxygens (including phenoxy) is 1. The SMILES string of the molecule is c1cc2cc(CNCC3CCCCO3)ccc2cn1. The van der Waals surface area contributed by atoms with Crippen LogP contribution in [0.2, 0.25) is 0 Å². The number of nitrogens with one attached hydrogen (secondary N) is 1. The molecule has 1 fully saturated rings. The molecule has 3 rings (SSSR count). The minimum absolute atomic E-state index is 0.401. The molecule has 1 atom stereocenters. The molecule has 1 aliphatic heterocycles. The third-order valence-electron chi connectivity index (χ3n) is 3.68. The van der Waals surface area contributed by atoms with Crippen molar-refractivity contribution < 1.29 is 4.74 Å². The second-order valence-electron chi connectivity index (χ2n) is 5.18. The number of nitrogens with zero attached hydrogens (tertiary/aromatic N) is 1. The predicted molar refractivity (Wildman–Crippen MR) is 77.0 cm³/mol. The molecule has 0 aliphatic carbocycles. The van der Waals surface area contributed by atoms with Gasteiger partial charge >= 0.3 is 0 Å². The summed E-state index contributed by atoms with van der Waals surface area (Å²) < 4.78 is 5.72. The summed E-state index contributed by atoms with van der Waals surface area (Å²) >= 11 is 0. The zero-order valence-electron chi connectivity index (χ0n) is 11.1. The number of rotatable bonds is 4. The van der Waals surface area contributed by atoms with Gasteiger partial charge in [-0.25, -0.2) is 0 Å². The van der Waals surface area contributed by atoms with Crippen LogP contribution in [0.5, 0.6) is 0 Å². The second kappa shape index (κ2) is 6.13. The Morgan fingerprint density at radius 3 is 3.11 bits per heavy atom. The highest BCUT2D eigenvalue weighted by molar-refractivity contribution is 5.81. The molecule has 0 spiro atoms. The lowest BCUT2D eigenvalue weighted by Crippen LogP contribution is -2.31. The maximum atomic E-state index is 5.72. The molecule has 3 heteroatoms. The molecule has 0 amide bonds. The first kappa shape index (κ1) is 12.6. The fraction of sp³-hybridized carbons (Fsp3) is 0.438. The molecule has 100 valence electrons. The Morgan fingerprint density at radius 1 is 1.21 bits per heavy atom. The fourth-order valence-corrected chi connectivity index (χ4v) is 2.59. The van der Waals surface area contributed by atoms with Crippen LogP contribution in [0.25, 0.3) is 10.8 Å². The Bertz CT molecular complexity index is 535. The highest BCUT2D eigenvalue weighted by Crippen LogP contribution is 2.15. The molecule has 1 aromatic heterocycles. The molecule has 1 saturated heterocycles. The van der Waals surface area contributed by atoms with E-state index in [4.69, 9.17) is 4.74 Å². The molecular weight excluding hydrogens is 236 g/mol. The lowest BCUT2D eigenvalue weighted by Gasteiger charge is -2.22. The van der Waals surface area contributed by atoms with E-state index < -0.39 is 0 Å². The first-order valence-corrected chi connectivity index (χ1v) is 7.07. The van der Waals surface area contributed by atoms with Crippen LogP contribution in [0.3, 0.4) is 0 Å². The van der Waals surface area contributed by atoms with Crippen LogP contribution >= 0.6 is 0 Å². The van der Waals surface area contributed by atoms with Crippen molar-refractivity contribution in [3.05, 3.63) is 42.2 Å². The van der Waals surface area contributed by atoms with E-state index >= 15 is 0 Å². The summed E-state index contributed by atoms with van der Waals surface area (Å²) in [7, 11) is 0. The van der Waals surface area contributed by atoms with E-state index in [0.29, 0.717) is 6.10 Å². The van der Waals surface area contributed by atoms with Gasteiger partial charge < -0.3 is 10.1 Å². The average molecular weight is 256 g/mol. The van der Waals surface area contributed by atoms with Gasteiger partial charge in [0, 0.05) is 37.5 Å². The monoisotopic (exact) mass is 256 g/mol. The Labute approximate surface area is 114 Å². The highest BCUT2D eigenvalue weighted by Gasteiger charge is 2.12. The molecule has 0 radical (unpaired) electrons. The summed E-state index contributed by atoms with van der Waals surface area (Å²) in [6.45, 7) is 2.78. The lowest BCUT2D eigenvalue weighted by molar-refractivity contribution is 0.0168. The first-order chi connectivity index (χ1) is 9.42. The number of fused-ring (bicyclic) bond motifs is 1. The summed E-state index contributed by atoms with van der Waals surface area (Å²) in [6.07, 6.45) is 7.86. The van der Waals surface area contributed by atoms with Crippen molar-refractivity contribution in [2.75, 3.05) is 13.2 Å². The Morgan fingerprint density at radius 2 is 2.21 bits per heavy atom. The topological polar surface area (TPSA) is 34.1 Å². The van der Waals surface area contributed by atoms with Crippen LogP contribution in [0.1, 0.15) is 24.8 Å². The van der Waals surface area contributed by atoms with Gasteiger partial charge in [0.2, 0.25) is 0 Å². The van der Waals surface area contributed by atoms with Crippen LogP contribution < -0.4 is 5.32 Å². The van der Waals surface area contributed by atoms with Gasteiger partial charge in [-0.15, -0.1) is 0 Å². The molecule has 1 unspecified atom stereocenters. The van der Waals surface area contributed by atoms with Gasteiger partial charge in [0.05, 0.1) is 6.10 Å². The summed E-state index contributed by atoms with van der Waals surface area (Å²) in [6, 6.07) is 8.59. The molecule has 1 N–H and O–H groups in total. The van der Waals surface area contributed by atoms with Gasteiger partial charge in [-0.1, -0.05) is 12.1 Å². The summed E-state index contributed by atoms with van der Waals surface area (Å²) in [4.78, 5) is 4.13. The van der Waals surface area contributed by atoms with Crippen LogP contribution in [-0.2, 0) is 11.3 Å². The quantitative estimate of drug-likeness (QED) is 0.913. The molecule has 1 aliphatic rings. The van der Waals surface area contributed by atoms with E-state index in [1.54, 1.807) is 0 Å². The van der Waals surface area contributed by atoms with Crippen LogP contribution in [0.15, 0.2) is 36.7 Å². The first-order valence-electron chi connectivity index (χ1n) is 7.07. The Kier molecular flexibility index (Phi) is 4.06. The number of aromatic nitrogens is 1. The van der Waals surface area contributed by atoms with Crippen molar-refractivity contribution in [2.45, 2.75) is 31.9 Å². The standard InChI is InChI=1S/C16H20N2O/c1-2-8-19-16(3-1)12-18-10-13-4-5-15-11-17-7-6-14(15)9-13/h4-7,9,11,16,18H,1-3,8,10,12H2. The van der Waals surface area contributed by atoms with Crippen molar-refractivity contribution in [1.29, 1.82) is 0 Å². The minimum Gasteiger partial charge on any atom is -0.377 e. The van der Waals surface area contributed by atoms with Crippen LogP contribution in [0.4, 0.5) is 0 Å². The zero-order valence-corrected chi connectivity index (χ0v) is 11.1. The molecule has 1 aromatic carbocycles. The van der Waals surface area contributed by atoms with Gasteiger partial charge in [-0.3, -0.25) is 4.98 Å². The third-order valence-corrected chi connectivity index (χ3v) is 3.68. The molecule has 19 heavy (non-hydrogen) atoms. The van der Waals surface area contributed by atoms with E-state index in [2.05, 4.69) is 34.6 Å². The minimum atomic E-state index is 0.401. The van der Waals surface area contributed by atoms with Crippen LogP contribution in [-0.4, -0.2) is 24.2 Å². The highest BCUT2D eigenvalue weighted by atomic mass is 16.5. The third kappa shape index (κ3) is 3.31. The Hall–Kier alpha value is -1.45. The van der Waals surface area contributed by atoms with Crippen molar-refractivity contribution in [1.82, 2.24) is 10.3 Å². The van der Waals surface area contributed by atoms with E-state index in [1.165, 1.54) is 35.6 Å². The number of pyridine rings is 1. The largest absolute Gasteiger partial charge is 0.377 e. The van der Waals surface area contributed by atoms with E-state index in [0.717, 1.165) is 19.7 Å². The summed E-state index contributed by atoms with van der Waals surface area (Å²) in [5.41, 5.74) is 1.31. The lowest BCUT2D eigenvalue weighted by atomic mass is 10.1. The molecule has 3 nitrogen and oxygen atoms in total. The van der Waals surface area contributed by atoms with E-state index in [9.17, 15) is 0 Å². The smallest absolute Gasteiger partial charge is 0.0699 e. The summed E-state index contributed by atoms with van der Waals surface area (Å²) in [5, 5.41) is 5.94. The summed E-state index contributed by atoms with van der Waals surface area (Å²) in [5.74, 6) is 0. The van der Waals surface area contributed by atoms with E-state index in [-0.39, 0.29) is 0 Å². The molecule has 0 bridgehead atoms. The number of benzene rings is 1. The second-order valence-corrected chi connectivity index (χ2v) is 5.18. The van der Waals surface area contributed by atoms with Crippen LogP contribution in [0, 0.1) is 0 Å². The van der Waals surface area contributed by atoms with Crippen molar-refractivity contribution in [3.63, 3.8) is 0 Å². The fourth-order valence-electron chi connectivity index (χ4n) is 2.59.